The summed E-state index contributed by atoms with van der Waals surface area (Å²) in [5.74, 6) is 0. The SMILES string of the molecule is CCNc1ccc([N+](=O)[O-])cc1CN1CCC(C)(O)CC1. The molecule has 0 amide bonds. The van der Waals surface area contributed by atoms with E-state index >= 15 is 0 Å². The Morgan fingerprint density at radius 1 is 1.43 bits per heavy atom. The number of hydrogen-bond acceptors (Lipinski definition) is 5. The molecule has 1 aromatic carbocycles. The van der Waals surface area contributed by atoms with Crippen LogP contribution < -0.4 is 5.32 Å². The van der Waals surface area contributed by atoms with E-state index in [9.17, 15) is 15.2 Å². The molecule has 2 rings (SSSR count). The fraction of sp³-hybridized carbons (Fsp3) is 0.600. The third-order valence-corrected chi connectivity index (χ3v) is 3.99. The fourth-order valence-electron chi connectivity index (χ4n) is 2.62. The highest BCUT2D eigenvalue weighted by Crippen LogP contribution is 2.27. The summed E-state index contributed by atoms with van der Waals surface area (Å²) in [4.78, 5) is 12.8. The number of rotatable bonds is 5. The number of aliphatic hydroxyl groups is 1. The van der Waals surface area contributed by atoms with Gasteiger partial charge in [0.05, 0.1) is 10.5 Å². The summed E-state index contributed by atoms with van der Waals surface area (Å²) in [6, 6.07) is 4.95. The molecule has 0 aliphatic carbocycles. The molecule has 1 saturated heterocycles. The molecule has 6 heteroatoms. The standard InChI is InChI=1S/C15H23N3O3/c1-3-16-14-5-4-13(18(20)21)10-12(14)11-17-8-6-15(2,19)7-9-17/h4-5,10,16,19H,3,6-9,11H2,1-2H3. The molecule has 1 aromatic rings. The van der Waals surface area contributed by atoms with Crippen LogP contribution in [0.1, 0.15) is 32.3 Å². The molecule has 1 heterocycles. The Morgan fingerprint density at radius 2 is 2.10 bits per heavy atom. The van der Waals surface area contributed by atoms with Gasteiger partial charge >= 0.3 is 0 Å². The lowest BCUT2D eigenvalue weighted by atomic mass is 9.93. The molecule has 1 aliphatic rings. The van der Waals surface area contributed by atoms with Crippen LogP contribution in [0.15, 0.2) is 18.2 Å². The summed E-state index contributed by atoms with van der Waals surface area (Å²) in [7, 11) is 0. The number of likely N-dealkylation sites (tertiary alicyclic amines) is 1. The molecule has 0 spiro atoms. The van der Waals surface area contributed by atoms with E-state index < -0.39 is 5.60 Å². The van der Waals surface area contributed by atoms with Crippen molar-refractivity contribution in [2.24, 2.45) is 0 Å². The maximum Gasteiger partial charge on any atom is 0.269 e. The van der Waals surface area contributed by atoms with E-state index in [1.165, 1.54) is 6.07 Å². The molecule has 2 N–H and O–H groups in total. The number of nitrogens with zero attached hydrogens (tertiary/aromatic N) is 2. The van der Waals surface area contributed by atoms with Gasteiger partial charge in [0.15, 0.2) is 0 Å². The van der Waals surface area contributed by atoms with Gasteiger partial charge < -0.3 is 10.4 Å². The van der Waals surface area contributed by atoms with Crippen LogP contribution in [0, 0.1) is 10.1 Å². The topological polar surface area (TPSA) is 78.6 Å². The molecule has 116 valence electrons. The highest BCUT2D eigenvalue weighted by Gasteiger charge is 2.27. The highest BCUT2D eigenvalue weighted by atomic mass is 16.6. The van der Waals surface area contributed by atoms with Gasteiger partial charge in [-0.3, -0.25) is 15.0 Å². The van der Waals surface area contributed by atoms with Gasteiger partial charge in [-0.05, 0) is 38.3 Å². The van der Waals surface area contributed by atoms with Crippen LogP contribution in [0.25, 0.3) is 0 Å². The lowest BCUT2D eigenvalue weighted by Crippen LogP contribution is -2.42. The summed E-state index contributed by atoms with van der Waals surface area (Å²) in [5, 5.41) is 24.2. The first-order chi connectivity index (χ1) is 9.91. The molecule has 0 unspecified atom stereocenters. The summed E-state index contributed by atoms with van der Waals surface area (Å²) < 4.78 is 0. The third-order valence-electron chi connectivity index (χ3n) is 3.99. The molecule has 0 bridgehead atoms. The minimum atomic E-state index is -0.580. The quantitative estimate of drug-likeness (QED) is 0.643. The number of nitro benzene ring substituents is 1. The van der Waals surface area contributed by atoms with Crippen LogP contribution in [0.3, 0.4) is 0 Å². The summed E-state index contributed by atoms with van der Waals surface area (Å²) >= 11 is 0. The van der Waals surface area contributed by atoms with Crippen molar-refractivity contribution < 1.29 is 10.0 Å². The molecule has 0 aromatic heterocycles. The predicted octanol–water partition coefficient (Wildman–Crippen LogP) is 2.37. The zero-order chi connectivity index (χ0) is 15.5. The second-order valence-electron chi connectivity index (χ2n) is 5.90. The van der Waals surface area contributed by atoms with Crippen molar-refractivity contribution in [1.82, 2.24) is 4.90 Å². The maximum atomic E-state index is 10.9. The van der Waals surface area contributed by atoms with E-state index in [0.717, 1.165) is 43.7 Å². The van der Waals surface area contributed by atoms with Crippen molar-refractivity contribution in [3.8, 4) is 0 Å². The van der Waals surface area contributed by atoms with Gasteiger partial charge in [-0.1, -0.05) is 0 Å². The molecule has 1 fully saturated rings. The van der Waals surface area contributed by atoms with Crippen molar-refractivity contribution >= 4 is 11.4 Å². The number of nitro groups is 1. The smallest absolute Gasteiger partial charge is 0.269 e. The van der Waals surface area contributed by atoms with Crippen LogP contribution in [0.2, 0.25) is 0 Å². The number of piperidine rings is 1. The van der Waals surface area contributed by atoms with E-state index in [1.807, 2.05) is 13.8 Å². The van der Waals surface area contributed by atoms with Crippen LogP contribution in [0.5, 0.6) is 0 Å². The Hall–Kier alpha value is -1.66. The zero-order valence-electron chi connectivity index (χ0n) is 12.6. The first kappa shape index (κ1) is 15.7. The van der Waals surface area contributed by atoms with E-state index in [1.54, 1.807) is 12.1 Å². The van der Waals surface area contributed by atoms with E-state index in [2.05, 4.69) is 10.2 Å². The van der Waals surface area contributed by atoms with Crippen LogP contribution in [-0.4, -0.2) is 40.2 Å². The van der Waals surface area contributed by atoms with Crippen molar-refractivity contribution in [1.29, 1.82) is 0 Å². The summed E-state index contributed by atoms with van der Waals surface area (Å²) in [6.45, 7) is 6.92. The third kappa shape index (κ3) is 4.15. The minimum absolute atomic E-state index is 0.121. The second kappa shape index (κ2) is 6.41. The molecule has 0 atom stereocenters. The van der Waals surface area contributed by atoms with Gasteiger partial charge in [-0.15, -0.1) is 0 Å². The number of non-ortho nitro benzene ring substituents is 1. The van der Waals surface area contributed by atoms with E-state index in [4.69, 9.17) is 0 Å². The van der Waals surface area contributed by atoms with E-state index in [0.29, 0.717) is 6.54 Å². The molecule has 6 nitrogen and oxygen atoms in total. The normalized spacial score (nSPS) is 18.4. The Labute approximate surface area is 124 Å². The number of anilines is 1. The lowest BCUT2D eigenvalue weighted by Gasteiger charge is -2.36. The molecule has 0 saturated carbocycles. The highest BCUT2D eigenvalue weighted by molar-refractivity contribution is 5.56. The molecular formula is C15H23N3O3. The van der Waals surface area contributed by atoms with Gasteiger partial charge in [0.25, 0.3) is 5.69 Å². The molecule has 21 heavy (non-hydrogen) atoms. The van der Waals surface area contributed by atoms with Gasteiger partial charge in [0.2, 0.25) is 0 Å². The lowest BCUT2D eigenvalue weighted by molar-refractivity contribution is -0.384. The van der Waals surface area contributed by atoms with Crippen LogP contribution in [-0.2, 0) is 6.54 Å². The summed E-state index contributed by atoms with van der Waals surface area (Å²) in [5.41, 5.74) is 1.42. The monoisotopic (exact) mass is 293 g/mol. The average molecular weight is 293 g/mol. The Balaban J connectivity index is 2.13. The number of nitrogens with one attached hydrogen (secondary N) is 1. The van der Waals surface area contributed by atoms with Gasteiger partial charge in [0, 0.05) is 44.0 Å². The minimum Gasteiger partial charge on any atom is -0.390 e. The zero-order valence-corrected chi connectivity index (χ0v) is 12.6. The number of hydrogen-bond donors (Lipinski definition) is 2. The first-order valence-electron chi connectivity index (χ1n) is 7.37. The van der Waals surface area contributed by atoms with Gasteiger partial charge in [-0.2, -0.15) is 0 Å². The maximum absolute atomic E-state index is 10.9. The van der Waals surface area contributed by atoms with Crippen LogP contribution >= 0.6 is 0 Å². The first-order valence-corrected chi connectivity index (χ1v) is 7.37. The Kier molecular flexibility index (Phi) is 4.80. The Morgan fingerprint density at radius 3 is 2.67 bits per heavy atom. The van der Waals surface area contributed by atoms with Crippen molar-refractivity contribution in [3.63, 3.8) is 0 Å². The van der Waals surface area contributed by atoms with Gasteiger partial charge in [-0.25, -0.2) is 0 Å². The molecule has 0 radical (unpaired) electrons. The Bertz CT molecular complexity index is 507. The van der Waals surface area contributed by atoms with Crippen molar-refractivity contribution in [2.75, 3.05) is 25.0 Å². The molecular weight excluding hydrogens is 270 g/mol. The number of benzene rings is 1. The second-order valence-corrected chi connectivity index (χ2v) is 5.90. The van der Waals surface area contributed by atoms with Crippen molar-refractivity contribution in [2.45, 2.75) is 38.8 Å². The van der Waals surface area contributed by atoms with Gasteiger partial charge in [0.1, 0.15) is 0 Å². The predicted molar refractivity (Wildman–Crippen MR) is 82.4 cm³/mol. The van der Waals surface area contributed by atoms with Crippen molar-refractivity contribution in [3.05, 3.63) is 33.9 Å². The average Bonchev–Trinajstić information content (AvgIpc) is 2.43. The largest absolute Gasteiger partial charge is 0.390 e. The van der Waals surface area contributed by atoms with E-state index in [-0.39, 0.29) is 10.6 Å². The summed E-state index contributed by atoms with van der Waals surface area (Å²) in [6.07, 6.45) is 1.47. The van der Waals surface area contributed by atoms with Crippen LogP contribution in [0.4, 0.5) is 11.4 Å². The fourth-order valence-corrected chi connectivity index (χ4v) is 2.62. The molecule has 1 aliphatic heterocycles.